The van der Waals surface area contributed by atoms with Crippen molar-refractivity contribution in [2.75, 3.05) is 32.7 Å². The molecule has 0 spiro atoms. The molecule has 6 amide bonds. The highest BCUT2D eigenvalue weighted by atomic mass is 16.2. The van der Waals surface area contributed by atoms with Crippen molar-refractivity contribution in [1.82, 2.24) is 20.9 Å². The van der Waals surface area contributed by atoms with Crippen molar-refractivity contribution in [1.29, 1.82) is 0 Å². The number of rotatable bonds is 19. The fourth-order valence-electron chi connectivity index (χ4n) is 3.09. The number of primary amides is 2. The average Bonchev–Trinajstić information content (AvgIpc) is 2.77. The van der Waals surface area contributed by atoms with Crippen molar-refractivity contribution in [2.45, 2.75) is 65.7 Å². The summed E-state index contributed by atoms with van der Waals surface area (Å²) in [6.07, 6.45) is 3.93. The smallest absolute Gasteiger partial charge is 0.239 e. The zero-order valence-corrected chi connectivity index (χ0v) is 21.2. The number of hydrogen-bond donors (Lipinski definition) is 5. The van der Waals surface area contributed by atoms with Crippen molar-refractivity contribution < 1.29 is 28.8 Å². The topological polar surface area (TPSA) is 194 Å². The van der Waals surface area contributed by atoms with Gasteiger partial charge >= 0.3 is 0 Å². The summed E-state index contributed by atoms with van der Waals surface area (Å²) in [7, 11) is 0. The zero-order valence-electron chi connectivity index (χ0n) is 21.2. The lowest BCUT2D eigenvalue weighted by Gasteiger charge is -2.22. The number of unbranched alkanes of at least 4 members (excludes halogenated alkanes) is 2. The lowest BCUT2D eigenvalue weighted by molar-refractivity contribution is -0.139. The highest BCUT2D eigenvalue weighted by molar-refractivity contribution is 5.89. The van der Waals surface area contributed by atoms with E-state index in [4.69, 9.17) is 11.5 Å². The van der Waals surface area contributed by atoms with E-state index in [9.17, 15) is 28.8 Å². The maximum absolute atomic E-state index is 12.6. The SMILES string of the molecule is CC(=O)NCCC(=O)N(CC(=O)NCCCCC(C)C(N)=O)CC(=O)NCCCCC(C)C(N)=O. The molecule has 0 aromatic rings. The van der Waals surface area contributed by atoms with Gasteiger partial charge in [0.25, 0.3) is 0 Å². The van der Waals surface area contributed by atoms with E-state index in [0.29, 0.717) is 51.6 Å². The second kappa shape index (κ2) is 18.2. The second-order valence-electron chi connectivity index (χ2n) is 8.78. The number of hydrogen-bond acceptors (Lipinski definition) is 6. The van der Waals surface area contributed by atoms with Crippen LogP contribution in [0, 0.1) is 11.8 Å². The maximum atomic E-state index is 12.6. The second-order valence-corrected chi connectivity index (χ2v) is 8.78. The lowest BCUT2D eigenvalue weighted by Crippen LogP contribution is -2.46. The van der Waals surface area contributed by atoms with Crippen molar-refractivity contribution >= 4 is 35.4 Å². The molecule has 0 aromatic heterocycles. The summed E-state index contributed by atoms with van der Waals surface area (Å²) in [5, 5.41) is 7.94. The summed E-state index contributed by atoms with van der Waals surface area (Å²) < 4.78 is 0. The minimum absolute atomic E-state index is 0.0455. The van der Waals surface area contributed by atoms with Gasteiger partial charge in [-0.15, -0.1) is 0 Å². The third kappa shape index (κ3) is 17.0. The monoisotopic (exact) mass is 498 g/mol. The molecule has 0 aliphatic heterocycles. The minimum Gasteiger partial charge on any atom is -0.369 e. The quantitative estimate of drug-likeness (QED) is 0.144. The molecule has 0 bridgehead atoms. The minimum atomic E-state index is -0.436. The Morgan fingerprint density at radius 2 is 1.11 bits per heavy atom. The Morgan fingerprint density at radius 3 is 1.49 bits per heavy atom. The van der Waals surface area contributed by atoms with Crippen molar-refractivity contribution in [3.05, 3.63) is 0 Å². The fourth-order valence-corrected chi connectivity index (χ4v) is 3.09. The molecule has 35 heavy (non-hydrogen) atoms. The Bertz CT molecular complexity index is 685. The molecule has 0 aliphatic rings. The molecule has 0 fully saturated rings. The van der Waals surface area contributed by atoms with Gasteiger partial charge in [0.1, 0.15) is 13.1 Å². The summed E-state index contributed by atoms with van der Waals surface area (Å²) in [6.45, 7) is 5.08. The highest BCUT2D eigenvalue weighted by Crippen LogP contribution is 2.07. The van der Waals surface area contributed by atoms with E-state index in [1.54, 1.807) is 13.8 Å². The third-order valence-corrected chi connectivity index (χ3v) is 5.48. The first kappa shape index (κ1) is 31.8. The zero-order chi connectivity index (χ0) is 26.8. The molecule has 0 aromatic carbocycles. The Labute approximate surface area is 207 Å². The van der Waals surface area contributed by atoms with E-state index in [2.05, 4.69) is 16.0 Å². The molecule has 200 valence electrons. The van der Waals surface area contributed by atoms with Crippen molar-refractivity contribution in [2.24, 2.45) is 23.3 Å². The van der Waals surface area contributed by atoms with Crippen LogP contribution in [0.5, 0.6) is 0 Å². The van der Waals surface area contributed by atoms with Gasteiger partial charge in [-0.05, 0) is 25.7 Å². The molecule has 7 N–H and O–H groups in total. The molecule has 12 nitrogen and oxygen atoms in total. The highest BCUT2D eigenvalue weighted by Gasteiger charge is 2.20. The summed E-state index contributed by atoms with van der Waals surface area (Å²) in [5.41, 5.74) is 10.4. The van der Waals surface area contributed by atoms with Crippen LogP contribution in [0.25, 0.3) is 0 Å². The summed E-state index contributed by atoms with van der Waals surface area (Å²) in [4.78, 5) is 71.5. The first-order valence-corrected chi connectivity index (χ1v) is 12.1. The molecule has 2 atom stereocenters. The molecule has 0 aliphatic carbocycles. The Morgan fingerprint density at radius 1 is 0.686 bits per heavy atom. The van der Waals surface area contributed by atoms with E-state index < -0.39 is 17.7 Å². The van der Waals surface area contributed by atoms with E-state index in [1.807, 2.05) is 0 Å². The van der Waals surface area contributed by atoms with Crippen LogP contribution in [0.3, 0.4) is 0 Å². The Hall–Kier alpha value is -3.18. The summed E-state index contributed by atoms with van der Waals surface area (Å²) >= 11 is 0. The van der Waals surface area contributed by atoms with Gasteiger partial charge in [0, 0.05) is 44.8 Å². The van der Waals surface area contributed by atoms with Gasteiger partial charge in [0.2, 0.25) is 35.4 Å². The third-order valence-electron chi connectivity index (χ3n) is 5.48. The van der Waals surface area contributed by atoms with E-state index in [1.165, 1.54) is 6.92 Å². The first-order chi connectivity index (χ1) is 16.4. The average molecular weight is 499 g/mol. The van der Waals surface area contributed by atoms with Crippen molar-refractivity contribution in [3.63, 3.8) is 0 Å². The van der Waals surface area contributed by atoms with E-state index in [0.717, 1.165) is 4.90 Å². The number of nitrogens with zero attached hydrogens (tertiary/aromatic N) is 1. The lowest BCUT2D eigenvalue weighted by atomic mass is 10.0. The Kier molecular flexibility index (Phi) is 16.5. The molecule has 0 radical (unpaired) electrons. The predicted octanol–water partition coefficient (Wildman–Crippen LogP) is -0.843. The Balaban J connectivity index is 4.58. The van der Waals surface area contributed by atoms with Gasteiger partial charge < -0.3 is 32.3 Å². The van der Waals surface area contributed by atoms with Crippen molar-refractivity contribution in [3.8, 4) is 0 Å². The molecular weight excluding hydrogens is 456 g/mol. The molecule has 0 rings (SSSR count). The molecule has 0 saturated carbocycles. The van der Waals surface area contributed by atoms with Crippen LogP contribution in [0.2, 0.25) is 0 Å². The van der Waals surface area contributed by atoms with Crippen LogP contribution in [0.4, 0.5) is 0 Å². The largest absolute Gasteiger partial charge is 0.369 e. The van der Waals surface area contributed by atoms with Crippen LogP contribution in [-0.2, 0) is 28.8 Å². The first-order valence-electron chi connectivity index (χ1n) is 12.1. The molecule has 2 unspecified atom stereocenters. The fraction of sp³-hybridized carbons (Fsp3) is 0.739. The maximum Gasteiger partial charge on any atom is 0.239 e. The number of nitrogens with one attached hydrogen (secondary N) is 3. The molecule has 12 heteroatoms. The number of carbonyl (C=O) groups is 6. The number of amides is 6. The molecular formula is C23H42N6O6. The number of carbonyl (C=O) groups excluding carboxylic acids is 6. The van der Waals surface area contributed by atoms with Crippen LogP contribution >= 0.6 is 0 Å². The molecule has 0 saturated heterocycles. The van der Waals surface area contributed by atoms with Gasteiger partial charge in [-0.1, -0.05) is 26.7 Å². The van der Waals surface area contributed by atoms with Crippen LogP contribution < -0.4 is 27.4 Å². The number of nitrogens with two attached hydrogens (primary N) is 2. The van der Waals surface area contributed by atoms with Crippen LogP contribution in [-0.4, -0.2) is 73.1 Å². The van der Waals surface area contributed by atoms with Gasteiger partial charge in [-0.2, -0.15) is 0 Å². The van der Waals surface area contributed by atoms with E-state index >= 15 is 0 Å². The van der Waals surface area contributed by atoms with Crippen LogP contribution in [0.15, 0.2) is 0 Å². The predicted molar refractivity (Wildman–Crippen MR) is 130 cm³/mol. The standard InChI is InChI=1S/C23H42N6O6/c1-16(22(24)34)8-4-6-11-27-19(31)14-29(21(33)10-13-26-18(3)30)15-20(32)28-12-7-5-9-17(2)23(25)35/h16-17H,4-15H2,1-3H3,(H2,24,34)(H2,25,35)(H,26,30)(H,27,31)(H,28,32). The van der Waals surface area contributed by atoms with Gasteiger partial charge in [-0.3, -0.25) is 28.8 Å². The van der Waals surface area contributed by atoms with Gasteiger partial charge in [0.15, 0.2) is 0 Å². The summed E-state index contributed by atoms with van der Waals surface area (Å²) in [6, 6.07) is 0. The van der Waals surface area contributed by atoms with E-state index in [-0.39, 0.29) is 55.6 Å². The van der Waals surface area contributed by atoms with Gasteiger partial charge in [-0.25, -0.2) is 0 Å². The van der Waals surface area contributed by atoms with Gasteiger partial charge in [0.05, 0.1) is 0 Å². The molecule has 0 heterocycles. The normalized spacial score (nSPS) is 12.2. The van der Waals surface area contributed by atoms with Crippen LogP contribution in [0.1, 0.15) is 65.7 Å². The summed E-state index contributed by atoms with van der Waals surface area (Å²) in [5.74, 6) is -2.71.